The molecule has 0 amide bonds. The predicted octanol–water partition coefficient (Wildman–Crippen LogP) is 2.70. The lowest BCUT2D eigenvalue weighted by molar-refractivity contribution is 0.399. The van der Waals surface area contributed by atoms with Crippen molar-refractivity contribution >= 4 is 10.8 Å². The van der Waals surface area contributed by atoms with Crippen molar-refractivity contribution in [3.8, 4) is 0 Å². The Morgan fingerprint density at radius 3 is 2.75 bits per heavy atom. The lowest BCUT2D eigenvalue weighted by atomic mass is 10.0. The van der Waals surface area contributed by atoms with Gasteiger partial charge in [0.1, 0.15) is 0 Å². The Bertz CT molecular complexity index is 208. The van der Waals surface area contributed by atoms with Crippen molar-refractivity contribution in [2.24, 2.45) is 5.92 Å². The lowest BCUT2D eigenvalue weighted by Crippen LogP contribution is -2.32. The molecule has 3 unspecified atom stereocenters. The first-order valence-corrected chi connectivity index (χ1v) is 8.35. The Labute approximate surface area is 103 Å². The molecular formula is C13H27NOS. The van der Waals surface area contributed by atoms with Crippen molar-refractivity contribution in [3.63, 3.8) is 0 Å². The molecule has 3 heteroatoms. The topological polar surface area (TPSA) is 29.1 Å². The van der Waals surface area contributed by atoms with Gasteiger partial charge in [-0.3, -0.25) is 4.21 Å². The van der Waals surface area contributed by atoms with Gasteiger partial charge in [0.05, 0.1) is 0 Å². The van der Waals surface area contributed by atoms with Gasteiger partial charge in [-0.25, -0.2) is 0 Å². The van der Waals surface area contributed by atoms with Gasteiger partial charge in [-0.15, -0.1) is 0 Å². The van der Waals surface area contributed by atoms with Crippen LogP contribution in [-0.2, 0) is 10.8 Å². The summed E-state index contributed by atoms with van der Waals surface area (Å²) >= 11 is 0. The maximum atomic E-state index is 11.7. The van der Waals surface area contributed by atoms with Gasteiger partial charge >= 0.3 is 0 Å². The molecule has 0 aromatic carbocycles. The van der Waals surface area contributed by atoms with Gasteiger partial charge in [-0.1, -0.05) is 26.7 Å². The van der Waals surface area contributed by atoms with Crippen LogP contribution in [0.2, 0.25) is 0 Å². The SMILES string of the molecule is CCCCS(=O)CCC1CCCC1NCC. The van der Waals surface area contributed by atoms with E-state index in [0.717, 1.165) is 43.2 Å². The molecule has 1 aliphatic carbocycles. The van der Waals surface area contributed by atoms with Gasteiger partial charge in [0, 0.05) is 28.3 Å². The monoisotopic (exact) mass is 245 g/mol. The average molecular weight is 245 g/mol. The molecule has 1 aliphatic rings. The number of nitrogens with one attached hydrogen (secondary N) is 1. The molecule has 0 radical (unpaired) electrons. The summed E-state index contributed by atoms with van der Waals surface area (Å²) < 4.78 is 11.7. The Balaban J connectivity index is 2.18. The average Bonchev–Trinajstić information content (AvgIpc) is 2.72. The van der Waals surface area contributed by atoms with Crippen LogP contribution in [0.25, 0.3) is 0 Å². The Kier molecular flexibility index (Phi) is 7.30. The molecule has 2 nitrogen and oxygen atoms in total. The zero-order chi connectivity index (χ0) is 11.8. The van der Waals surface area contributed by atoms with Gasteiger partial charge in [0.15, 0.2) is 0 Å². The second-order valence-electron chi connectivity index (χ2n) is 4.85. The molecule has 0 aromatic heterocycles. The van der Waals surface area contributed by atoms with Crippen molar-refractivity contribution < 1.29 is 4.21 Å². The maximum absolute atomic E-state index is 11.7. The first-order chi connectivity index (χ1) is 7.77. The van der Waals surface area contributed by atoms with Gasteiger partial charge in [0.2, 0.25) is 0 Å². The highest BCUT2D eigenvalue weighted by Crippen LogP contribution is 2.28. The highest BCUT2D eigenvalue weighted by molar-refractivity contribution is 7.84. The molecule has 0 heterocycles. The number of hydrogen-bond donors (Lipinski definition) is 1. The second-order valence-corrected chi connectivity index (χ2v) is 6.54. The maximum Gasteiger partial charge on any atom is 0.0238 e. The number of unbranched alkanes of at least 4 members (excludes halogenated alkanes) is 1. The standard InChI is InChI=1S/C13H27NOS/c1-3-5-10-16(15)11-9-12-7-6-8-13(12)14-4-2/h12-14H,3-11H2,1-2H3. The van der Waals surface area contributed by atoms with Crippen LogP contribution in [0.15, 0.2) is 0 Å². The minimum atomic E-state index is -0.563. The van der Waals surface area contributed by atoms with Gasteiger partial charge < -0.3 is 5.32 Å². The normalized spacial score (nSPS) is 27.1. The fraction of sp³-hybridized carbons (Fsp3) is 1.00. The van der Waals surface area contributed by atoms with E-state index in [0.29, 0.717) is 6.04 Å². The largest absolute Gasteiger partial charge is 0.314 e. The van der Waals surface area contributed by atoms with Crippen LogP contribution in [-0.4, -0.2) is 28.3 Å². The predicted molar refractivity (Wildman–Crippen MR) is 72.2 cm³/mol. The molecule has 1 N–H and O–H groups in total. The zero-order valence-electron chi connectivity index (χ0n) is 10.8. The Morgan fingerprint density at radius 1 is 1.25 bits per heavy atom. The molecule has 0 aromatic rings. The van der Waals surface area contributed by atoms with E-state index in [-0.39, 0.29) is 0 Å². The Hall–Kier alpha value is 0.110. The van der Waals surface area contributed by atoms with E-state index in [1.54, 1.807) is 0 Å². The summed E-state index contributed by atoms with van der Waals surface area (Å²) in [5.74, 6) is 2.62. The Morgan fingerprint density at radius 2 is 2.06 bits per heavy atom. The minimum Gasteiger partial charge on any atom is -0.314 e. The van der Waals surface area contributed by atoms with Gasteiger partial charge in [0.25, 0.3) is 0 Å². The molecule has 16 heavy (non-hydrogen) atoms. The summed E-state index contributed by atoms with van der Waals surface area (Å²) in [7, 11) is -0.563. The molecule has 1 saturated carbocycles. The van der Waals surface area contributed by atoms with E-state index >= 15 is 0 Å². The summed E-state index contributed by atoms with van der Waals surface area (Å²) in [5, 5.41) is 3.56. The summed E-state index contributed by atoms with van der Waals surface area (Å²) in [6.07, 6.45) is 7.45. The van der Waals surface area contributed by atoms with Crippen molar-refractivity contribution in [2.75, 3.05) is 18.1 Å². The van der Waals surface area contributed by atoms with Crippen molar-refractivity contribution in [1.82, 2.24) is 5.32 Å². The van der Waals surface area contributed by atoms with E-state index in [9.17, 15) is 4.21 Å². The van der Waals surface area contributed by atoms with E-state index in [1.165, 1.54) is 19.3 Å². The molecule has 0 aliphatic heterocycles. The number of hydrogen-bond acceptors (Lipinski definition) is 2. The summed E-state index contributed by atoms with van der Waals surface area (Å²) in [5.41, 5.74) is 0. The first-order valence-electron chi connectivity index (χ1n) is 6.86. The molecule has 0 saturated heterocycles. The zero-order valence-corrected chi connectivity index (χ0v) is 11.7. The van der Waals surface area contributed by atoms with E-state index < -0.39 is 10.8 Å². The van der Waals surface area contributed by atoms with Crippen LogP contribution in [0.3, 0.4) is 0 Å². The first kappa shape index (κ1) is 14.2. The van der Waals surface area contributed by atoms with Gasteiger partial charge in [-0.05, 0) is 38.1 Å². The third-order valence-corrected chi connectivity index (χ3v) is 5.00. The third kappa shape index (κ3) is 4.96. The van der Waals surface area contributed by atoms with Crippen LogP contribution in [0.1, 0.15) is 52.4 Å². The fourth-order valence-corrected chi connectivity index (χ4v) is 3.98. The summed E-state index contributed by atoms with van der Waals surface area (Å²) in [4.78, 5) is 0. The van der Waals surface area contributed by atoms with Crippen molar-refractivity contribution in [1.29, 1.82) is 0 Å². The van der Waals surface area contributed by atoms with Gasteiger partial charge in [-0.2, -0.15) is 0 Å². The third-order valence-electron chi connectivity index (χ3n) is 3.57. The van der Waals surface area contributed by atoms with Crippen molar-refractivity contribution in [2.45, 2.75) is 58.4 Å². The van der Waals surface area contributed by atoms with Crippen LogP contribution in [0.4, 0.5) is 0 Å². The van der Waals surface area contributed by atoms with Crippen LogP contribution < -0.4 is 5.32 Å². The molecule has 1 rings (SSSR count). The molecule has 96 valence electrons. The second kappa shape index (κ2) is 8.24. The van der Waals surface area contributed by atoms with E-state index in [4.69, 9.17) is 0 Å². The van der Waals surface area contributed by atoms with Crippen LogP contribution >= 0.6 is 0 Å². The quantitative estimate of drug-likeness (QED) is 0.712. The number of rotatable bonds is 8. The van der Waals surface area contributed by atoms with E-state index in [2.05, 4.69) is 19.2 Å². The smallest absolute Gasteiger partial charge is 0.0238 e. The molecule has 1 fully saturated rings. The lowest BCUT2D eigenvalue weighted by Gasteiger charge is -2.19. The summed E-state index contributed by atoms with van der Waals surface area (Å²) in [6, 6.07) is 0.702. The summed E-state index contributed by atoms with van der Waals surface area (Å²) in [6.45, 7) is 5.41. The molecule has 0 spiro atoms. The van der Waals surface area contributed by atoms with E-state index in [1.807, 2.05) is 0 Å². The minimum absolute atomic E-state index is 0.563. The fourth-order valence-electron chi connectivity index (χ4n) is 2.60. The highest BCUT2D eigenvalue weighted by Gasteiger charge is 2.26. The molecular weight excluding hydrogens is 218 g/mol. The molecule has 0 bridgehead atoms. The highest BCUT2D eigenvalue weighted by atomic mass is 32.2. The van der Waals surface area contributed by atoms with Crippen LogP contribution in [0, 0.1) is 5.92 Å². The molecule has 3 atom stereocenters. The van der Waals surface area contributed by atoms with Crippen LogP contribution in [0.5, 0.6) is 0 Å². The van der Waals surface area contributed by atoms with Crippen molar-refractivity contribution in [3.05, 3.63) is 0 Å².